The first-order valence-corrected chi connectivity index (χ1v) is 24.1. The van der Waals surface area contributed by atoms with Crippen molar-refractivity contribution in [2.45, 2.75) is 59.4 Å². The second kappa shape index (κ2) is 11.2. The Labute approximate surface area is 338 Å². The molecule has 0 amide bonds. The van der Waals surface area contributed by atoms with Crippen LogP contribution in [0.15, 0.2) is 142 Å². The van der Waals surface area contributed by atoms with Gasteiger partial charge >= 0.3 is 11.5 Å². The summed E-state index contributed by atoms with van der Waals surface area (Å²) in [6, 6.07) is 46.7. The van der Waals surface area contributed by atoms with Crippen molar-refractivity contribution in [3.8, 4) is 28.3 Å². The van der Waals surface area contributed by atoms with Gasteiger partial charge in [0.1, 0.15) is 16.7 Å². The van der Waals surface area contributed by atoms with E-state index in [-0.39, 0.29) is 5.41 Å². The fourth-order valence-corrected chi connectivity index (χ4v) is 12.2. The van der Waals surface area contributed by atoms with Crippen LogP contribution in [-0.4, -0.2) is 12.6 Å². The lowest BCUT2D eigenvalue weighted by atomic mass is 9.87. The van der Waals surface area contributed by atoms with E-state index >= 15 is 0 Å². The molecule has 2 aliphatic rings. The summed E-state index contributed by atoms with van der Waals surface area (Å²) in [5.74, 6) is 1.08. The lowest BCUT2D eigenvalue weighted by Crippen LogP contribution is -2.72. The van der Waals surface area contributed by atoms with E-state index in [0.29, 0.717) is 0 Å². The monoisotopic (exact) mass is 771 g/mol. The van der Waals surface area contributed by atoms with Crippen LogP contribution in [0.2, 0.25) is 19.6 Å². The van der Waals surface area contributed by atoms with Gasteiger partial charge in [0.05, 0.1) is 24.8 Å². The van der Waals surface area contributed by atoms with E-state index in [9.17, 15) is 0 Å². The maximum absolute atomic E-state index is 7.08. The zero-order valence-electron chi connectivity index (χ0n) is 34.1. The van der Waals surface area contributed by atoms with Crippen LogP contribution < -0.4 is 14.3 Å². The number of benzene rings is 6. The van der Waals surface area contributed by atoms with Crippen molar-refractivity contribution in [2.75, 3.05) is 0 Å². The van der Waals surface area contributed by atoms with Crippen LogP contribution in [0.1, 0.15) is 43.0 Å². The fourth-order valence-electron chi connectivity index (χ4n) is 10.6. The van der Waals surface area contributed by atoms with Crippen LogP contribution in [0.25, 0.3) is 83.2 Å². The van der Waals surface area contributed by atoms with Crippen molar-refractivity contribution in [1.82, 2.24) is 4.57 Å². The Morgan fingerprint density at radius 2 is 1.34 bits per heavy atom. The second-order valence-electron chi connectivity index (χ2n) is 18.9. The summed E-state index contributed by atoms with van der Waals surface area (Å²) in [5, 5.41) is 5.97. The third-order valence-corrected chi connectivity index (χ3v) is 14.8. The molecule has 6 aromatic carbocycles. The number of imidazole rings is 1. The summed E-state index contributed by atoms with van der Waals surface area (Å²) < 4.78 is 21.7. The van der Waals surface area contributed by atoms with Crippen molar-refractivity contribution >= 4 is 68.2 Å². The predicted molar refractivity (Wildman–Crippen MR) is 238 cm³/mol. The number of pyridine rings is 1. The zero-order chi connectivity index (χ0) is 39.5. The highest BCUT2D eigenvalue weighted by Crippen LogP contribution is 2.53. The van der Waals surface area contributed by atoms with Crippen molar-refractivity contribution in [1.29, 1.82) is 0 Å². The summed E-state index contributed by atoms with van der Waals surface area (Å²) in [5.41, 5.74) is 15.0. The number of nitrogens with zero attached hydrogens (tertiary/aromatic N) is 3. The Hall–Kier alpha value is -6.24. The van der Waals surface area contributed by atoms with E-state index in [1.807, 2.05) is 0 Å². The molecule has 0 aliphatic carbocycles. The molecular weight excluding hydrogens is 727 g/mol. The third-order valence-electron chi connectivity index (χ3n) is 12.8. The SMILES string of the molecule is Cc1ccc2c(c1)C1(c3ccc4c(oc5ccccc54)c3-c3n(-c4cccc5c4oc4ccccc45)c4ccccc4[n+]31)[n+]1cc([Si](C)(C)C)c(CC(C)(C)C)cc1-2. The third kappa shape index (κ3) is 4.31. The Bertz CT molecular complexity index is 3420. The second-order valence-corrected chi connectivity index (χ2v) is 23.9. The van der Waals surface area contributed by atoms with E-state index in [0.717, 1.165) is 78.4 Å². The van der Waals surface area contributed by atoms with E-state index in [1.54, 1.807) is 0 Å². The summed E-state index contributed by atoms with van der Waals surface area (Å²) in [7, 11) is -1.87. The molecule has 6 heteroatoms. The van der Waals surface area contributed by atoms with Crippen LogP contribution in [0.5, 0.6) is 0 Å². The molecule has 10 aromatic rings. The van der Waals surface area contributed by atoms with Gasteiger partial charge in [0.2, 0.25) is 5.69 Å². The number of furan rings is 2. The van der Waals surface area contributed by atoms with Gasteiger partial charge in [0.15, 0.2) is 34.1 Å². The van der Waals surface area contributed by atoms with Crippen molar-refractivity contribution < 1.29 is 18.0 Å². The van der Waals surface area contributed by atoms with E-state index < -0.39 is 13.7 Å². The number of hydrogen-bond acceptors (Lipinski definition) is 2. The Kier molecular flexibility index (Phi) is 6.56. The predicted octanol–water partition coefficient (Wildman–Crippen LogP) is 11.7. The highest BCUT2D eigenvalue weighted by atomic mass is 28.3. The van der Waals surface area contributed by atoms with Crippen molar-refractivity contribution in [3.63, 3.8) is 0 Å². The van der Waals surface area contributed by atoms with Gasteiger partial charge < -0.3 is 8.83 Å². The minimum absolute atomic E-state index is 0.138. The first-order valence-electron chi connectivity index (χ1n) is 20.6. The summed E-state index contributed by atoms with van der Waals surface area (Å²) in [4.78, 5) is 0. The van der Waals surface area contributed by atoms with Gasteiger partial charge in [-0.2, -0.15) is 4.57 Å². The maximum atomic E-state index is 7.08. The van der Waals surface area contributed by atoms with Gasteiger partial charge in [0, 0.05) is 32.8 Å². The van der Waals surface area contributed by atoms with Gasteiger partial charge in [-0.05, 0) is 78.9 Å². The molecule has 0 N–H and O–H groups in total. The summed E-state index contributed by atoms with van der Waals surface area (Å²) in [6.45, 7) is 16.8. The Morgan fingerprint density at radius 1 is 0.672 bits per heavy atom. The molecule has 58 heavy (non-hydrogen) atoms. The Balaban J connectivity index is 1.32. The number of aryl methyl sites for hydroxylation is 1. The average Bonchev–Trinajstić information content (AvgIpc) is 3.98. The lowest BCUT2D eigenvalue weighted by Gasteiger charge is -2.26. The summed E-state index contributed by atoms with van der Waals surface area (Å²) in [6.07, 6.45) is 3.59. The molecule has 2 aliphatic heterocycles. The molecular formula is C52H45N3O2Si+2. The lowest BCUT2D eigenvalue weighted by molar-refractivity contribution is -0.944. The van der Waals surface area contributed by atoms with E-state index in [4.69, 9.17) is 8.83 Å². The van der Waals surface area contributed by atoms with Gasteiger partial charge in [-0.3, -0.25) is 0 Å². The highest BCUT2D eigenvalue weighted by Gasteiger charge is 2.67. The quantitative estimate of drug-likeness (QED) is 0.133. The molecule has 0 radical (unpaired) electrons. The molecule has 1 unspecified atom stereocenters. The highest BCUT2D eigenvalue weighted by molar-refractivity contribution is 6.89. The number of para-hydroxylation sites is 5. The molecule has 0 saturated carbocycles. The molecule has 282 valence electrons. The van der Waals surface area contributed by atoms with Gasteiger partial charge in [-0.25, -0.2) is 0 Å². The van der Waals surface area contributed by atoms with Crippen LogP contribution in [0, 0.1) is 12.3 Å². The van der Waals surface area contributed by atoms with Gasteiger partial charge in [-0.1, -0.05) is 113 Å². The Morgan fingerprint density at radius 3 is 2.09 bits per heavy atom. The molecule has 12 rings (SSSR count). The molecule has 0 fully saturated rings. The average molecular weight is 772 g/mol. The first-order chi connectivity index (χ1) is 27.9. The van der Waals surface area contributed by atoms with Gasteiger partial charge in [0.25, 0.3) is 0 Å². The minimum atomic E-state index is -1.87. The minimum Gasteiger partial charge on any atom is -0.455 e. The number of hydrogen-bond donors (Lipinski definition) is 0. The normalized spacial score (nSPS) is 16.0. The fraction of sp³-hybridized carbons (Fsp3) is 0.192. The molecule has 6 heterocycles. The number of fused-ring (bicyclic) bond motifs is 19. The van der Waals surface area contributed by atoms with Crippen LogP contribution in [0.3, 0.4) is 0 Å². The van der Waals surface area contributed by atoms with Crippen LogP contribution in [0.4, 0.5) is 0 Å². The molecule has 1 atom stereocenters. The largest absolute Gasteiger partial charge is 0.455 e. The van der Waals surface area contributed by atoms with Crippen LogP contribution in [-0.2, 0) is 12.1 Å². The van der Waals surface area contributed by atoms with E-state index in [2.05, 4.69) is 195 Å². The first kappa shape index (κ1) is 33.9. The topological polar surface area (TPSA) is 39.0 Å². The standard InChI is InChI=1S/C52H45N3O2Si/c1-31-23-24-37-39(27-31)52(53-30-46(58(5,6)7)32(28-43(37)53)29-51(2,3)4)38-26-25-36-34-16-9-13-22-45(34)57-49(36)47(38)50-54(40-18-10-11-19-41(40)55(50)52)42-20-14-17-35-33-15-8-12-21-44(33)56-48(35)42/h8-28,30H,29H2,1-7H3/q+2. The number of aromatic nitrogens is 3. The van der Waals surface area contributed by atoms with Crippen molar-refractivity contribution in [3.05, 3.63) is 156 Å². The molecule has 0 saturated heterocycles. The zero-order valence-corrected chi connectivity index (χ0v) is 35.1. The number of rotatable bonds is 3. The smallest absolute Gasteiger partial charge is 0.364 e. The molecule has 4 aromatic heterocycles. The molecule has 5 nitrogen and oxygen atoms in total. The van der Waals surface area contributed by atoms with Crippen LogP contribution >= 0.6 is 0 Å². The molecule has 0 bridgehead atoms. The molecule has 1 spiro atoms. The van der Waals surface area contributed by atoms with E-state index in [1.165, 1.54) is 38.7 Å². The maximum Gasteiger partial charge on any atom is 0.364 e. The van der Waals surface area contributed by atoms with Gasteiger partial charge in [-0.15, -0.1) is 9.13 Å². The summed E-state index contributed by atoms with van der Waals surface area (Å²) >= 11 is 0. The van der Waals surface area contributed by atoms with Crippen molar-refractivity contribution in [2.24, 2.45) is 5.41 Å².